The quantitative estimate of drug-likeness (QED) is 0.649. The highest BCUT2D eigenvalue weighted by atomic mass is 32.1. The Morgan fingerprint density at radius 2 is 2.11 bits per heavy atom. The van der Waals surface area contributed by atoms with Crippen LogP contribution in [0.25, 0.3) is 10.8 Å². The summed E-state index contributed by atoms with van der Waals surface area (Å²) in [5.41, 5.74) is 0.351. The summed E-state index contributed by atoms with van der Waals surface area (Å²) in [6.07, 6.45) is 4.04. The molecule has 28 heavy (non-hydrogen) atoms. The minimum Gasteiger partial charge on any atom is -0.420 e. The molecule has 1 aliphatic rings. The third-order valence-electron chi connectivity index (χ3n) is 5.25. The van der Waals surface area contributed by atoms with Gasteiger partial charge in [0.15, 0.2) is 5.69 Å². The summed E-state index contributed by atoms with van der Waals surface area (Å²) < 4.78 is 11.1. The number of thiophene rings is 1. The average Bonchev–Trinajstić information content (AvgIpc) is 3.47. The summed E-state index contributed by atoms with van der Waals surface area (Å²) in [4.78, 5) is 13.3. The first-order valence-electron chi connectivity index (χ1n) is 9.72. The number of rotatable bonds is 6. The van der Waals surface area contributed by atoms with Gasteiger partial charge in [-0.25, -0.2) is 0 Å². The summed E-state index contributed by atoms with van der Waals surface area (Å²) >= 11 is 1.60. The minimum atomic E-state index is -0.171. The fourth-order valence-corrected chi connectivity index (χ4v) is 4.15. The van der Waals surface area contributed by atoms with Gasteiger partial charge in [0.05, 0.1) is 4.88 Å². The predicted octanol–water partition coefficient (Wildman–Crippen LogP) is 4.61. The Bertz CT molecular complexity index is 908. The number of carbonyl (C=O) groups is 1. The third kappa shape index (κ3) is 4.16. The van der Waals surface area contributed by atoms with Crippen molar-refractivity contribution in [2.24, 2.45) is 5.92 Å². The van der Waals surface area contributed by atoms with Crippen LogP contribution in [0.3, 0.4) is 0 Å². The lowest BCUT2D eigenvalue weighted by Gasteiger charge is -2.26. The molecule has 1 saturated carbocycles. The van der Waals surface area contributed by atoms with E-state index in [2.05, 4.69) is 20.7 Å². The molecule has 0 aliphatic heterocycles. The summed E-state index contributed by atoms with van der Waals surface area (Å²) in [7, 11) is 0. The molecule has 8 heteroatoms. The molecule has 3 heterocycles. The molecule has 0 spiro atoms. The van der Waals surface area contributed by atoms with Crippen molar-refractivity contribution in [2.45, 2.75) is 51.4 Å². The van der Waals surface area contributed by atoms with E-state index in [0.717, 1.165) is 42.2 Å². The van der Waals surface area contributed by atoms with Gasteiger partial charge in [0, 0.05) is 24.4 Å². The Morgan fingerprint density at radius 1 is 1.29 bits per heavy atom. The molecule has 4 rings (SSSR count). The number of amides is 1. The zero-order valence-electron chi connectivity index (χ0n) is 16.1. The molecule has 0 radical (unpaired) electrons. The number of hydrogen-bond acceptors (Lipinski definition) is 7. The normalized spacial score (nSPS) is 19.8. The lowest BCUT2D eigenvalue weighted by molar-refractivity contribution is 0.0933. The van der Waals surface area contributed by atoms with Gasteiger partial charge in [-0.3, -0.25) is 4.79 Å². The topological polar surface area (TPSA) is 94.1 Å². The molecule has 1 amide bonds. The van der Waals surface area contributed by atoms with Gasteiger partial charge in [-0.05, 0) is 43.0 Å². The molecular formula is C20H24N4O3S. The maximum absolute atomic E-state index is 12.3. The van der Waals surface area contributed by atoms with Crippen molar-refractivity contribution in [1.82, 2.24) is 20.7 Å². The minimum absolute atomic E-state index is 0.171. The van der Waals surface area contributed by atoms with Crippen molar-refractivity contribution in [3.63, 3.8) is 0 Å². The fourth-order valence-electron chi connectivity index (χ4n) is 3.51. The summed E-state index contributed by atoms with van der Waals surface area (Å²) in [5.74, 6) is 2.87. The highest BCUT2D eigenvalue weighted by Gasteiger charge is 2.27. The van der Waals surface area contributed by atoms with Crippen molar-refractivity contribution < 1.29 is 13.7 Å². The van der Waals surface area contributed by atoms with Gasteiger partial charge >= 0.3 is 0 Å². The number of aromatic nitrogens is 3. The zero-order chi connectivity index (χ0) is 19.5. The Morgan fingerprint density at radius 3 is 2.79 bits per heavy atom. The second-order valence-corrected chi connectivity index (χ2v) is 8.57. The largest absolute Gasteiger partial charge is 0.420 e. The van der Waals surface area contributed by atoms with Crippen LogP contribution >= 0.6 is 11.3 Å². The van der Waals surface area contributed by atoms with E-state index < -0.39 is 0 Å². The molecule has 1 fully saturated rings. The number of nitrogens with zero attached hydrogens (tertiary/aromatic N) is 3. The van der Waals surface area contributed by atoms with Gasteiger partial charge in [0.2, 0.25) is 5.89 Å². The first-order valence-corrected chi connectivity index (χ1v) is 10.6. The lowest BCUT2D eigenvalue weighted by Crippen LogP contribution is -2.31. The standard InChI is InChI=1S/C20H24N4O3S/c1-12(2)16-10-15(24-27-16)18(25)21-11-13-5-7-14(8-6-13)19-22-23-20(26-19)17-4-3-9-28-17/h3-4,9-10,12-14H,5-8,11H2,1-2H3,(H,21,25). The van der Waals surface area contributed by atoms with Crippen LogP contribution in [-0.4, -0.2) is 27.8 Å². The smallest absolute Gasteiger partial charge is 0.273 e. The van der Waals surface area contributed by atoms with E-state index >= 15 is 0 Å². The Balaban J connectivity index is 1.26. The molecule has 148 valence electrons. The molecule has 3 aromatic rings. The van der Waals surface area contributed by atoms with Crippen LogP contribution in [0.1, 0.15) is 73.5 Å². The number of hydrogen-bond donors (Lipinski definition) is 1. The van der Waals surface area contributed by atoms with Gasteiger partial charge in [-0.2, -0.15) is 0 Å². The van der Waals surface area contributed by atoms with Crippen LogP contribution in [0.2, 0.25) is 0 Å². The molecular weight excluding hydrogens is 376 g/mol. The second-order valence-electron chi connectivity index (χ2n) is 7.62. The molecule has 0 saturated heterocycles. The van der Waals surface area contributed by atoms with Gasteiger partial charge in [0.1, 0.15) is 5.76 Å². The maximum atomic E-state index is 12.3. The SMILES string of the molecule is CC(C)c1cc(C(=O)NCC2CCC(c3nnc(-c4cccs4)o3)CC2)no1. The first-order chi connectivity index (χ1) is 13.6. The maximum Gasteiger partial charge on any atom is 0.273 e. The Labute approximate surface area is 167 Å². The van der Waals surface area contributed by atoms with Crippen LogP contribution in [0, 0.1) is 5.92 Å². The molecule has 0 aromatic carbocycles. The van der Waals surface area contributed by atoms with Crippen LogP contribution in [0.4, 0.5) is 0 Å². The molecule has 0 atom stereocenters. The Kier molecular flexibility index (Phi) is 5.57. The fraction of sp³-hybridized carbons (Fsp3) is 0.500. The molecule has 7 nitrogen and oxygen atoms in total. The van der Waals surface area contributed by atoms with Crippen molar-refractivity contribution in [3.8, 4) is 10.8 Å². The van der Waals surface area contributed by atoms with Crippen LogP contribution in [0.15, 0.2) is 32.5 Å². The van der Waals surface area contributed by atoms with Crippen molar-refractivity contribution in [2.75, 3.05) is 6.54 Å². The molecule has 0 unspecified atom stereocenters. The van der Waals surface area contributed by atoms with Gasteiger partial charge in [-0.15, -0.1) is 21.5 Å². The summed E-state index contributed by atoms with van der Waals surface area (Å²) in [6.45, 7) is 4.67. The van der Waals surface area contributed by atoms with E-state index in [1.807, 2.05) is 31.4 Å². The zero-order valence-corrected chi connectivity index (χ0v) is 16.9. The van der Waals surface area contributed by atoms with Crippen LogP contribution in [0.5, 0.6) is 0 Å². The van der Waals surface area contributed by atoms with E-state index in [4.69, 9.17) is 8.94 Å². The summed E-state index contributed by atoms with van der Waals surface area (Å²) in [5, 5.41) is 17.3. The predicted molar refractivity (Wildman–Crippen MR) is 105 cm³/mol. The van der Waals surface area contributed by atoms with E-state index in [-0.39, 0.29) is 11.8 Å². The monoisotopic (exact) mass is 400 g/mol. The van der Waals surface area contributed by atoms with Gasteiger partial charge in [0.25, 0.3) is 11.8 Å². The van der Waals surface area contributed by atoms with Gasteiger partial charge in [-0.1, -0.05) is 25.1 Å². The van der Waals surface area contributed by atoms with E-state index in [1.54, 1.807) is 17.4 Å². The van der Waals surface area contributed by atoms with E-state index in [1.165, 1.54) is 0 Å². The van der Waals surface area contributed by atoms with Gasteiger partial charge < -0.3 is 14.3 Å². The van der Waals surface area contributed by atoms with Crippen molar-refractivity contribution in [3.05, 3.63) is 40.9 Å². The van der Waals surface area contributed by atoms with Crippen molar-refractivity contribution in [1.29, 1.82) is 0 Å². The van der Waals surface area contributed by atoms with Crippen molar-refractivity contribution >= 4 is 17.2 Å². The van der Waals surface area contributed by atoms with Crippen LogP contribution < -0.4 is 5.32 Å². The highest BCUT2D eigenvalue weighted by Crippen LogP contribution is 2.36. The Hall–Kier alpha value is -2.48. The first kappa shape index (κ1) is 18.9. The molecule has 3 aromatic heterocycles. The summed E-state index contributed by atoms with van der Waals surface area (Å²) in [6, 6.07) is 5.68. The number of nitrogens with one attached hydrogen (secondary N) is 1. The molecule has 1 aliphatic carbocycles. The number of carbonyl (C=O) groups excluding carboxylic acids is 1. The van der Waals surface area contributed by atoms with E-state index in [9.17, 15) is 4.79 Å². The molecule has 1 N–H and O–H groups in total. The third-order valence-corrected chi connectivity index (χ3v) is 6.11. The van der Waals surface area contributed by atoms with E-state index in [0.29, 0.717) is 30.0 Å². The average molecular weight is 401 g/mol. The second kappa shape index (κ2) is 8.26. The lowest BCUT2D eigenvalue weighted by atomic mass is 9.82. The van der Waals surface area contributed by atoms with Crippen LogP contribution in [-0.2, 0) is 0 Å². The molecule has 0 bridgehead atoms. The highest BCUT2D eigenvalue weighted by molar-refractivity contribution is 7.13.